The molecule has 0 unspecified atom stereocenters. The standard InChI is InChI=1S/C28H52N2O4/c1-2-3-4-5-6-7-8-9-10-11-12-13-14-15-16-17-28(32)33-25-27-19-18-26(34-27)24-30-21-20-29-22-23-31/h18-19,29-31H,2-17,20-25H2,1H3. The van der Waals surface area contributed by atoms with Crippen LogP contribution >= 0.6 is 0 Å². The van der Waals surface area contributed by atoms with E-state index in [9.17, 15) is 4.79 Å². The van der Waals surface area contributed by atoms with Crippen LogP contribution < -0.4 is 10.6 Å². The number of unbranched alkanes of at least 4 members (excludes halogenated alkanes) is 14. The number of esters is 1. The minimum atomic E-state index is -0.138. The second kappa shape index (κ2) is 23.4. The summed E-state index contributed by atoms with van der Waals surface area (Å²) in [7, 11) is 0. The summed E-state index contributed by atoms with van der Waals surface area (Å²) in [6.07, 6.45) is 20.3. The number of furan rings is 1. The van der Waals surface area contributed by atoms with E-state index >= 15 is 0 Å². The molecule has 1 heterocycles. The molecule has 0 aliphatic rings. The van der Waals surface area contributed by atoms with Crippen LogP contribution in [-0.2, 0) is 22.7 Å². The Kier molecular flexibility index (Phi) is 21.1. The molecule has 0 spiro atoms. The van der Waals surface area contributed by atoms with Crippen LogP contribution in [0.15, 0.2) is 16.5 Å². The van der Waals surface area contributed by atoms with Gasteiger partial charge in [0.15, 0.2) is 0 Å². The summed E-state index contributed by atoms with van der Waals surface area (Å²) in [5, 5.41) is 15.1. The van der Waals surface area contributed by atoms with E-state index in [1.165, 1.54) is 83.5 Å². The van der Waals surface area contributed by atoms with Crippen LogP contribution in [0, 0.1) is 0 Å². The Bertz CT molecular complexity index is 577. The highest BCUT2D eigenvalue weighted by Gasteiger charge is 2.07. The molecule has 0 fully saturated rings. The number of aliphatic hydroxyl groups is 1. The molecule has 0 amide bonds. The van der Waals surface area contributed by atoms with Crippen LogP contribution in [-0.4, -0.2) is 37.3 Å². The predicted octanol–water partition coefficient (Wildman–Crippen LogP) is 6.26. The van der Waals surface area contributed by atoms with Crippen molar-refractivity contribution >= 4 is 5.97 Å². The van der Waals surface area contributed by atoms with Gasteiger partial charge in [0.05, 0.1) is 13.2 Å². The fourth-order valence-electron chi connectivity index (χ4n) is 4.05. The number of rotatable bonds is 25. The molecule has 0 radical (unpaired) electrons. The molecule has 1 rings (SSSR count). The normalized spacial score (nSPS) is 11.2. The first kappa shape index (κ1) is 30.7. The lowest BCUT2D eigenvalue weighted by Crippen LogP contribution is -2.28. The average Bonchev–Trinajstić information content (AvgIpc) is 3.30. The molecule has 0 saturated heterocycles. The van der Waals surface area contributed by atoms with Crippen LogP contribution in [0.25, 0.3) is 0 Å². The Morgan fingerprint density at radius 3 is 1.88 bits per heavy atom. The summed E-state index contributed by atoms with van der Waals surface area (Å²) < 4.78 is 11.0. The van der Waals surface area contributed by atoms with E-state index in [0.29, 0.717) is 25.3 Å². The summed E-state index contributed by atoms with van der Waals surface area (Å²) >= 11 is 0. The summed E-state index contributed by atoms with van der Waals surface area (Å²) in [6, 6.07) is 3.77. The van der Waals surface area contributed by atoms with Crippen molar-refractivity contribution in [2.75, 3.05) is 26.2 Å². The van der Waals surface area contributed by atoms with Crippen LogP contribution in [0.2, 0.25) is 0 Å². The zero-order valence-electron chi connectivity index (χ0n) is 21.9. The van der Waals surface area contributed by atoms with Crippen molar-refractivity contribution in [3.05, 3.63) is 23.7 Å². The van der Waals surface area contributed by atoms with Gasteiger partial charge < -0.3 is 24.9 Å². The smallest absolute Gasteiger partial charge is 0.306 e. The first-order valence-electron chi connectivity index (χ1n) is 14.0. The van der Waals surface area contributed by atoms with Gasteiger partial charge in [-0.2, -0.15) is 0 Å². The van der Waals surface area contributed by atoms with E-state index in [1.54, 1.807) is 0 Å². The van der Waals surface area contributed by atoms with Crippen molar-refractivity contribution in [1.82, 2.24) is 10.6 Å². The molecular formula is C28H52N2O4. The molecule has 0 aliphatic carbocycles. The Labute approximate surface area is 208 Å². The van der Waals surface area contributed by atoms with Gasteiger partial charge in [-0.1, -0.05) is 96.8 Å². The summed E-state index contributed by atoms with van der Waals surface area (Å²) in [6.45, 7) is 5.46. The van der Waals surface area contributed by atoms with Crippen LogP contribution in [0.1, 0.15) is 121 Å². The number of carbonyl (C=O) groups is 1. The molecule has 0 saturated carbocycles. The molecule has 3 N–H and O–H groups in total. The van der Waals surface area contributed by atoms with Crippen molar-refractivity contribution in [3.63, 3.8) is 0 Å². The number of carbonyl (C=O) groups excluding carboxylic acids is 1. The summed E-state index contributed by atoms with van der Waals surface area (Å²) in [5.41, 5.74) is 0. The zero-order chi connectivity index (χ0) is 24.5. The van der Waals surface area contributed by atoms with Crippen molar-refractivity contribution < 1.29 is 19.1 Å². The van der Waals surface area contributed by atoms with Gasteiger partial charge in [0, 0.05) is 26.1 Å². The van der Waals surface area contributed by atoms with Gasteiger partial charge in [-0.3, -0.25) is 4.79 Å². The van der Waals surface area contributed by atoms with Crippen molar-refractivity contribution in [1.29, 1.82) is 0 Å². The Morgan fingerprint density at radius 1 is 0.765 bits per heavy atom. The summed E-state index contributed by atoms with van der Waals surface area (Å²) in [5.74, 6) is 1.37. The third-order valence-electron chi connectivity index (χ3n) is 6.14. The maximum Gasteiger partial charge on any atom is 0.306 e. The molecule has 0 atom stereocenters. The van der Waals surface area contributed by atoms with Crippen molar-refractivity contribution in [2.45, 2.75) is 123 Å². The lowest BCUT2D eigenvalue weighted by molar-refractivity contribution is -0.145. The number of hydrogen-bond acceptors (Lipinski definition) is 6. The summed E-state index contributed by atoms with van der Waals surface area (Å²) in [4.78, 5) is 12.0. The molecular weight excluding hydrogens is 428 g/mol. The molecule has 0 aromatic carbocycles. The predicted molar refractivity (Wildman–Crippen MR) is 140 cm³/mol. The Hall–Kier alpha value is -1.37. The van der Waals surface area contributed by atoms with Gasteiger partial charge in [-0.25, -0.2) is 0 Å². The molecule has 198 valence electrons. The van der Waals surface area contributed by atoms with E-state index in [0.717, 1.165) is 31.7 Å². The van der Waals surface area contributed by atoms with E-state index in [1.807, 2.05) is 12.1 Å². The topological polar surface area (TPSA) is 83.7 Å². The number of aliphatic hydroxyl groups excluding tert-OH is 1. The van der Waals surface area contributed by atoms with Crippen LogP contribution in [0.3, 0.4) is 0 Å². The fraction of sp³-hybridized carbons (Fsp3) is 0.821. The van der Waals surface area contributed by atoms with Gasteiger partial charge in [0.2, 0.25) is 0 Å². The van der Waals surface area contributed by atoms with E-state index in [2.05, 4.69) is 17.6 Å². The lowest BCUT2D eigenvalue weighted by atomic mass is 10.0. The second-order valence-corrected chi connectivity index (χ2v) is 9.38. The highest BCUT2D eigenvalue weighted by Crippen LogP contribution is 2.14. The van der Waals surface area contributed by atoms with Gasteiger partial charge in [0.25, 0.3) is 0 Å². The maximum atomic E-state index is 12.0. The molecule has 6 nitrogen and oxygen atoms in total. The van der Waals surface area contributed by atoms with Gasteiger partial charge in [-0.15, -0.1) is 0 Å². The highest BCUT2D eigenvalue weighted by molar-refractivity contribution is 5.69. The lowest BCUT2D eigenvalue weighted by Gasteiger charge is -2.05. The van der Waals surface area contributed by atoms with Crippen molar-refractivity contribution in [2.24, 2.45) is 0 Å². The quantitative estimate of drug-likeness (QED) is 0.113. The molecule has 1 aromatic rings. The Balaban J connectivity index is 1.86. The van der Waals surface area contributed by atoms with E-state index in [4.69, 9.17) is 14.3 Å². The monoisotopic (exact) mass is 480 g/mol. The molecule has 0 bridgehead atoms. The first-order valence-corrected chi connectivity index (χ1v) is 14.0. The van der Waals surface area contributed by atoms with Crippen molar-refractivity contribution in [3.8, 4) is 0 Å². The van der Waals surface area contributed by atoms with Gasteiger partial charge in [-0.05, 0) is 18.6 Å². The zero-order valence-corrected chi connectivity index (χ0v) is 21.9. The first-order chi connectivity index (χ1) is 16.8. The maximum absolute atomic E-state index is 12.0. The Morgan fingerprint density at radius 2 is 1.29 bits per heavy atom. The SMILES string of the molecule is CCCCCCCCCCCCCCCCCC(=O)OCc1ccc(CNCCNCCO)o1. The van der Waals surface area contributed by atoms with Gasteiger partial charge in [0.1, 0.15) is 18.1 Å². The number of ether oxygens (including phenoxy) is 1. The molecule has 0 aliphatic heterocycles. The van der Waals surface area contributed by atoms with Crippen LogP contribution in [0.4, 0.5) is 0 Å². The third-order valence-corrected chi connectivity index (χ3v) is 6.14. The fourth-order valence-corrected chi connectivity index (χ4v) is 4.05. The minimum absolute atomic E-state index is 0.138. The number of nitrogens with one attached hydrogen (secondary N) is 2. The average molecular weight is 481 g/mol. The second-order valence-electron chi connectivity index (χ2n) is 9.38. The van der Waals surface area contributed by atoms with Gasteiger partial charge >= 0.3 is 5.97 Å². The molecule has 34 heavy (non-hydrogen) atoms. The van der Waals surface area contributed by atoms with E-state index in [-0.39, 0.29) is 19.2 Å². The largest absolute Gasteiger partial charge is 0.461 e. The van der Waals surface area contributed by atoms with E-state index < -0.39 is 0 Å². The highest BCUT2D eigenvalue weighted by atomic mass is 16.5. The molecule has 6 heteroatoms. The third kappa shape index (κ3) is 19.0. The number of hydrogen-bond donors (Lipinski definition) is 3. The molecule has 1 aromatic heterocycles. The van der Waals surface area contributed by atoms with Crippen LogP contribution in [0.5, 0.6) is 0 Å². The minimum Gasteiger partial charge on any atom is -0.461 e.